The molecule has 6 nitrogen and oxygen atoms in total. The Morgan fingerprint density at radius 2 is 2.14 bits per heavy atom. The van der Waals surface area contributed by atoms with Gasteiger partial charge in [0, 0.05) is 0 Å². The van der Waals surface area contributed by atoms with Gasteiger partial charge in [0.25, 0.3) is 17.9 Å². The molecule has 74 valence electrons. The SMILES string of the molecule is NNC(=O)c1ccccc1S[N+](=O)[O-]. The molecule has 14 heavy (non-hydrogen) atoms. The Morgan fingerprint density at radius 1 is 1.50 bits per heavy atom. The van der Waals surface area contributed by atoms with Gasteiger partial charge in [0.2, 0.25) is 0 Å². The van der Waals surface area contributed by atoms with Crippen molar-refractivity contribution >= 4 is 17.9 Å². The Kier molecular flexibility index (Phi) is 3.43. The van der Waals surface area contributed by atoms with Crippen molar-refractivity contribution in [2.24, 2.45) is 5.84 Å². The van der Waals surface area contributed by atoms with Crippen molar-refractivity contribution in [2.75, 3.05) is 0 Å². The summed E-state index contributed by atoms with van der Waals surface area (Å²) in [5, 5.41) is 10.2. The number of hydrogen-bond donors (Lipinski definition) is 2. The maximum atomic E-state index is 11.1. The lowest BCUT2D eigenvalue weighted by Gasteiger charge is -2.01. The predicted molar refractivity (Wildman–Crippen MR) is 50.9 cm³/mol. The van der Waals surface area contributed by atoms with Crippen LogP contribution in [0, 0.1) is 10.1 Å². The van der Waals surface area contributed by atoms with E-state index in [4.69, 9.17) is 5.84 Å². The number of nitrogens with zero attached hydrogens (tertiary/aromatic N) is 1. The molecule has 0 saturated carbocycles. The molecule has 1 rings (SSSR count). The van der Waals surface area contributed by atoms with Gasteiger partial charge < -0.3 is 0 Å². The largest absolute Gasteiger partial charge is 0.290 e. The van der Waals surface area contributed by atoms with Gasteiger partial charge in [-0.05, 0) is 12.1 Å². The number of hydrazine groups is 1. The van der Waals surface area contributed by atoms with Crippen molar-refractivity contribution in [3.63, 3.8) is 0 Å². The number of nitro groups is 1. The van der Waals surface area contributed by atoms with E-state index >= 15 is 0 Å². The van der Waals surface area contributed by atoms with Gasteiger partial charge in [-0.1, -0.05) is 12.1 Å². The van der Waals surface area contributed by atoms with Crippen molar-refractivity contribution in [1.29, 1.82) is 0 Å². The number of carbonyl (C=O) groups is 1. The maximum absolute atomic E-state index is 11.1. The molecule has 0 atom stereocenters. The first-order valence-electron chi connectivity index (χ1n) is 3.57. The predicted octanol–water partition coefficient (Wildman–Crippen LogP) is 0.574. The van der Waals surface area contributed by atoms with E-state index in [1.54, 1.807) is 12.1 Å². The van der Waals surface area contributed by atoms with Crippen LogP contribution in [0.4, 0.5) is 0 Å². The highest BCUT2D eigenvalue weighted by Gasteiger charge is 2.15. The first kappa shape index (κ1) is 10.5. The summed E-state index contributed by atoms with van der Waals surface area (Å²) >= 11 is 0.375. The fraction of sp³-hybridized carbons (Fsp3) is 0. The van der Waals surface area contributed by atoms with Gasteiger partial charge in [-0.25, -0.2) is 5.84 Å². The Bertz CT molecular complexity index is 369. The summed E-state index contributed by atoms with van der Waals surface area (Å²) in [6, 6.07) is 6.17. The van der Waals surface area contributed by atoms with Gasteiger partial charge in [0.1, 0.15) is 4.33 Å². The first-order chi connectivity index (χ1) is 6.65. The van der Waals surface area contributed by atoms with Crippen LogP contribution < -0.4 is 11.3 Å². The van der Waals surface area contributed by atoms with Crippen LogP contribution in [0.1, 0.15) is 10.4 Å². The smallest absolute Gasteiger partial charge is 0.266 e. The number of nitrogens with two attached hydrogens (primary N) is 1. The van der Waals surface area contributed by atoms with Crippen molar-refractivity contribution in [2.45, 2.75) is 4.90 Å². The fourth-order valence-corrected chi connectivity index (χ4v) is 1.45. The van der Waals surface area contributed by atoms with Crippen molar-refractivity contribution < 1.29 is 9.12 Å². The number of nitrogens with one attached hydrogen (secondary N) is 1. The van der Waals surface area contributed by atoms with Crippen LogP contribution in [0.15, 0.2) is 29.2 Å². The molecule has 3 N–H and O–H groups in total. The number of rotatable bonds is 3. The lowest BCUT2D eigenvalue weighted by Crippen LogP contribution is -2.30. The number of amides is 1. The minimum atomic E-state index is -0.581. The van der Waals surface area contributed by atoms with E-state index < -0.39 is 10.2 Å². The summed E-state index contributed by atoms with van der Waals surface area (Å²) in [6.45, 7) is 0. The van der Waals surface area contributed by atoms with Gasteiger partial charge in [-0.3, -0.25) is 20.3 Å². The lowest BCUT2D eigenvalue weighted by molar-refractivity contribution is -0.284. The van der Waals surface area contributed by atoms with Crippen molar-refractivity contribution in [1.82, 2.24) is 5.43 Å². The molecule has 0 aliphatic rings. The topological polar surface area (TPSA) is 98.3 Å². The van der Waals surface area contributed by atoms with Gasteiger partial charge >= 0.3 is 0 Å². The summed E-state index contributed by atoms with van der Waals surface area (Å²) in [5.41, 5.74) is 2.11. The summed E-state index contributed by atoms with van der Waals surface area (Å²) < 4.78 is -0.581. The number of benzene rings is 1. The van der Waals surface area contributed by atoms with Crippen LogP contribution in [0.2, 0.25) is 0 Å². The monoisotopic (exact) mass is 213 g/mol. The number of hydrogen-bond acceptors (Lipinski definition) is 5. The number of nitrogen functional groups attached to an aromatic ring is 1. The highest BCUT2D eigenvalue weighted by Crippen LogP contribution is 2.22. The Hall–Kier alpha value is -1.60. The Morgan fingerprint density at radius 3 is 2.71 bits per heavy atom. The fourth-order valence-electron chi connectivity index (χ4n) is 0.892. The minimum absolute atomic E-state index is 0.191. The number of carbonyl (C=O) groups excluding carboxylic acids is 1. The second kappa shape index (κ2) is 4.58. The average Bonchev–Trinajstić information content (AvgIpc) is 2.16. The molecule has 0 bridgehead atoms. The zero-order chi connectivity index (χ0) is 10.6. The molecule has 1 aromatic carbocycles. The van der Waals surface area contributed by atoms with E-state index in [9.17, 15) is 14.9 Å². The molecule has 0 saturated heterocycles. The average molecular weight is 213 g/mol. The van der Waals surface area contributed by atoms with Crippen LogP contribution in [0.5, 0.6) is 0 Å². The maximum Gasteiger partial charge on any atom is 0.266 e. The van der Waals surface area contributed by atoms with Gasteiger partial charge in [0.05, 0.1) is 10.5 Å². The molecule has 0 aliphatic heterocycles. The third kappa shape index (κ3) is 2.44. The van der Waals surface area contributed by atoms with E-state index in [1.165, 1.54) is 12.1 Å². The third-order valence-electron chi connectivity index (χ3n) is 1.44. The molecule has 7 heteroatoms. The van der Waals surface area contributed by atoms with Crippen LogP contribution in [0.25, 0.3) is 0 Å². The summed E-state index contributed by atoms with van der Waals surface area (Å²) in [5.74, 6) is 4.38. The molecular weight excluding hydrogens is 206 g/mol. The van der Waals surface area contributed by atoms with Gasteiger partial charge in [0.15, 0.2) is 0 Å². The normalized spacial score (nSPS) is 9.50. The molecule has 0 unspecified atom stereocenters. The van der Waals surface area contributed by atoms with Gasteiger partial charge in [-0.2, -0.15) is 0 Å². The van der Waals surface area contributed by atoms with Crippen LogP contribution in [-0.4, -0.2) is 10.2 Å². The third-order valence-corrected chi connectivity index (χ3v) is 2.14. The standard InChI is InChI=1S/C7H7N3O3S/c8-9-7(11)5-3-1-2-4-6(5)14-10(12)13/h1-4H,8H2,(H,9,11). The second-order valence-corrected chi connectivity index (χ2v) is 3.21. The Labute approximate surface area is 83.7 Å². The zero-order valence-corrected chi connectivity index (χ0v) is 7.78. The van der Waals surface area contributed by atoms with E-state index in [0.29, 0.717) is 11.9 Å². The molecular formula is C7H7N3O3S. The lowest BCUT2D eigenvalue weighted by atomic mass is 10.2. The molecule has 0 heterocycles. The second-order valence-electron chi connectivity index (χ2n) is 2.28. The summed E-state index contributed by atoms with van der Waals surface area (Å²) in [4.78, 5) is 21.6. The van der Waals surface area contributed by atoms with Crippen molar-refractivity contribution in [3.05, 3.63) is 39.9 Å². The molecule has 0 radical (unpaired) electrons. The molecule has 1 aromatic rings. The first-order valence-corrected chi connectivity index (χ1v) is 4.35. The molecule has 1 amide bonds. The molecule has 0 spiro atoms. The zero-order valence-electron chi connectivity index (χ0n) is 6.97. The minimum Gasteiger partial charge on any atom is -0.290 e. The molecule has 0 aliphatic carbocycles. The van der Waals surface area contributed by atoms with E-state index in [2.05, 4.69) is 0 Å². The Balaban J connectivity index is 3.02. The van der Waals surface area contributed by atoms with E-state index in [0.717, 1.165) is 0 Å². The van der Waals surface area contributed by atoms with Crippen molar-refractivity contribution in [3.8, 4) is 0 Å². The van der Waals surface area contributed by atoms with Crippen LogP contribution in [-0.2, 0) is 0 Å². The highest BCUT2D eigenvalue weighted by atomic mass is 32.2. The van der Waals surface area contributed by atoms with Gasteiger partial charge in [-0.15, -0.1) is 0 Å². The summed E-state index contributed by atoms with van der Waals surface area (Å²) in [6.07, 6.45) is 0. The quantitative estimate of drug-likeness (QED) is 0.251. The van der Waals surface area contributed by atoms with E-state index in [-0.39, 0.29) is 10.5 Å². The molecule has 0 aromatic heterocycles. The summed E-state index contributed by atoms with van der Waals surface area (Å²) in [7, 11) is 0. The van der Waals surface area contributed by atoms with E-state index in [1.807, 2.05) is 5.43 Å². The molecule has 0 fully saturated rings. The van der Waals surface area contributed by atoms with Crippen LogP contribution in [0.3, 0.4) is 0 Å². The van der Waals surface area contributed by atoms with Crippen LogP contribution >= 0.6 is 11.9 Å². The highest BCUT2D eigenvalue weighted by molar-refractivity contribution is 7.93.